The minimum Gasteiger partial charge on any atom is -0.330 e. The molecule has 0 bridgehead atoms. The Bertz CT molecular complexity index is 359. The van der Waals surface area contributed by atoms with Crippen LogP contribution in [0.5, 0.6) is 0 Å². The molecule has 0 fully saturated rings. The Morgan fingerprint density at radius 2 is 2.38 bits per heavy atom. The van der Waals surface area contributed by atoms with E-state index in [-0.39, 0.29) is 11.8 Å². The number of hydrogen-bond donors (Lipinski definition) is 2. The number of hydrogen-bond acceptors (Lipinski definition) is 3. The van der Waals surface area contributed by atoms with Crippen molar-refractivity contribution >= 4 is 11.6 Å². The fraction of sp³-hybridized carbons (Fsp3) is 0.636. The normalized spacial score (nSPS) is 12.5. The van der Waals surface area contributed by atoms with E-state index in [1.54, 1.807) is 4.68 Å². The first-order chi connectivity index (χ1) is 7.54. The molecule has 3 N–H and O–H groups in total. The molecule has 1 amide bonds. The summed E-state index contributed by atoms with van der Waals surface area (Å²) >= 11 is 0. The number of nitrogens with one attached hydrogen (secondary N) is 1. The van der Waals surface area contributed by atoms with E-state index in [2.05, 4.69) is 10.4 Å². The van der Waals surface area contributed by atoms with Crippen LogP contribution in [-0.4, -0.2) is 22.2 Å². The molecule has 1 unspecified atom stereocenters. The first-order valence-corrected chi connectivity index (χ1v) is 5.55. The lowest BCUT2D eigenvalue weighted by molar-refractivity contribution is -0.119. The summed E-state index contributed by atoms with van der Waals surface area (Å²) in [6, 6.07) is 0. The smallest absolute Gasteiger partial charge is 0.227 e. The third kappa shape index (κ3) is 3.34. The Balaban J connectivity index is 2.53. The zero-order chi connectivity index (χ0) is 12.1. The van der Waals surface area contributed by atoms with Gasteiger partial charge in [-0.1, -0.05) is 6.92 Å². The Labute approximate surface area is 96.0 Å². The summed E-state index contributed by atoms with van der Waals surface area (Å²) in [6.07, 6.45) is 3.51. The van der Waals surface area contributed by atoms with Crippen LogP contribution in [0.1, 0.15) is 25.5 Å². The van der Waals surface area contributed by atoms with Gasteiger partial charge < -0.3 is 11.1 Å². The molecule has 0 aliphatic heterocycles. The highest BCUT2D eigenvalue weighted by Gasteiger charge is 2.14. The maximum absolute atomic E-state index is 11.8. The predicted molar refractivity (Wildman–Crippen MR) is 64.0 cm³/mol. The molecular weight excluding hydrogens is 204 g/mol. The minimum atomic E-state index is -0.0110. The molecule has 0 aliphatic rings. The van der Waals surface area contributed by atoms with Crippen molar-refractivity contribution < 1.29 is 4.79 Å². The molecule has 1 aromatic rings. The number of nitrogens with two attached hydrogens (primary N) is 1. The van der Waals surface area contributed by atoms with Gasteiger partial charge in [0.1, 0.15) is 0 Å². The molecule has 0 spiro atoms. The van der Waals surface area contributed by atoms with Gasteiger partial charge >= 0.3 is 0 Å². The molecule has 1 rings (SSSR count). The van der Waals surface area contributed by atoms with Crippen LogP contribution >= 0.6 is 0 Å². The number of nitrogens with zero attached hydrogens (tertiary/aromatic N) is 2. The van der Waals surface area contributed by atoms with Crippen molar-refractivity contribution in [2.45, 2.75) is 26.7 Å². The fourth-order valence-electron chi connectivity index (χ4n) is 1.53. The number of rotatable bonds is 5. The van der Waals surface area contributed by atoms with Crippen LogP contribution in [0.2, 0.25) is 0 Å². The van der Waals surface area contributed by atoms with Gasteiger partial charge in [-0.3, -0.25) is 9.48 Å². The molecule has 0 saturated carbocycles. The Morgan fingerprint density at radius 3 is 2.88 bits per heavy atom. The third-order valence-electron chi connectivity index (χ3n) is 2.56. The summed E-state index contributed by atoms with van der Waals surface area (Å²) in [4.78, 5) is 11.8. The van der Waals surface area contributed by atoms with Crippen molar-refractivity contribution in [2.75, 3.05) is 11.9 Å². The summed E-state index contributed by atoms with van der Waals surface area (Å²) in [5.41, 5.74) is 7.03. The van der Waals surface area contributed by atoms with Gasteiger partial charge in [-0.05, 0) is 26.3 Å². The van der Waals surface area contributed by atoms with E-state index in [0.29, 0.717) is 6.54 Å². The second-order valence-electron chi connectivity index (χ2n) is 4.12. The molecule has 0 saturated heterocycles. The fourth-order valence-corrected chi connectivity index (χ4v) is 1.53. The van der Waals surface area contributed by atoms with E-state index in [1.165, 1.54) is 0 Å². The second kappa shape index (κ2) is 5.65. The van der Waals surface area contributed by atoms with E-state index in [1.807, 2.05) is 27.1 Å². The molecule has 0 aromatic carbocycles. The van der Waals surface area contributed by atoms with E-state index < -0.39 is 0 Å². The topological polar surface area (TPSA) is 72.9 Å². The van der Waals surface area contributed by atoms with E-state index in [9.17, 15) is 4.79 Å². The SMILES string of the molecule is Cc1nn(C)cc1NC(=O)C(C)CCCN. The average molecular weight is 224 g/mol. The molecule has 16 heavy (non-hydrogen) atoms. The molecule has 1 heterocycles. The molecule has 0 radical (unpaired) electrons. The Kier molecular flexibility index (Phi) is 4.49. The average Bonchev–Trinajstić information content (AvgIpc) is 2.53. The summed E-state index contributed by atoms with van der Waals surface area (Å²) in [6.45, 7) is 4.42. The second-order valence-corrected chi connectivity index (χ2v) is 4.12. The van der Waals surface area contributed by atoms with E-state index in [4.69, 9.17) is 5.73 Å². The predicted octanol–water partition coefficient (Wildman–Crippen LogP) is 1.04. The highest BCUT2D eigenvalue weighted by atomic mass is 16.1. The van der Waals surface area contributed by atoms with Gasteiger partial charge in [0, 0.05) is 19.2 Å². The number of carbonyl (C=O) groups is 1. The van der Waals surface area contributed by atoms with Gasteiger partial charge in [0.2, 0.25) is 5.91 Å². The van der Waals surface area contributed by atoms with Gasteiger partial charge in [-0.25, -0.2) is 0 Å². The number of amides is 1. The van der Waals surface area contributed by atoms with Gasteiger partial charge in [-0.2, -0.15) is 5.10 Å². The maximum atomic E-state index is 11.8. The first kappa shape index (κ1) is 12.7. The van der Waals surface area contributed by atoms with Gasteiger partial charge in [0.15, 0.2) is 0 Å². The zero-order valence-electron chi connectivity index (χ0n) is 10.2. The van der Waals surface area contributed by atoms with Crippen molar-refractivity contribution in [2.24, 2.45) is 18.7 Å². The van der Waals surface area contributed by atoms with Crippen LogP contribution in [-0.2, 0) is 11.8 Å². The van der Waals surface area contributed by atoms with Gasteiger partial charge in [0.25, 0.3) is 0 Å². The molecule has 0 aliphatic carbocycles. The van der Waals surface area contributed by atoms with Crippen molar-refractivity contribution in [1.29, 1.82) is 0 Å². The lowest BCUT2D eigenvalue weighted by Gasteiger charge is -2.10. The zero-order valence-corrected chi connectivity index (χ0v) is 10.2. The molecule has 1 atom stereocenters. The number of carbonyl (C=O) groups excluding carboxylic acids is 1. The summed E-state index contributed by atoms with van der Waals surface area (Å²) in [5.74, 6) is 0.0210. The first-order valence-electron chi connectivity index (χ1n) is 5.55. The van der Waals surface area contributed by atoms with Crippen LogP contribution in [0.3, 0.4) is 0 Å². The van der Waals surface area contributed by atoms with Crippen LogP contribution in [0.15, 0.2) is 6.20 Å². The van der Waals surface area contributed by atoms with Crippen molar-refractivity contribution in [1.82, 2.24) is 9.78 Å². The molecule has 90 valence electrons. The van der Waals surface area contributed by atoms with Crippen LogP contribution in [0.4, 0.5) is 5.69 Å². The van der Waals surface area contributed by atoms with Crippen LogP contribution in [0, 0.1) is 12.8 Å². The highest BCUT2D eigenvalue weighted by Crippen LogP contribution is 2.14. The largest absolute Gasteiger partial charge is 0.330 e. The summed E-state index contributed by atoms with van der Waals surface area (Å²) < 4.78 is 1.69. The van der Waals surface area contributed by atoms with Gasteiger partial charge in [-0.15, -0.1) is 0 Å². The quantitative estimate of drug-likeness (QED) is 0.785. The molecule has 5 nitrogen and oxygen atoms in total. The van der Waals surface area contributed by atoms with Crippen LogP contribution < -0.4 is 11.1 Å². The monoisotopic (exact) mass is 224 g/mol. The lowest BCUT2D eigenvalue weighted by atomic mass is 10.0. The standard InChI is InChI=1S/C11H20N4O/c1-8(5-4-6-12)11(16)13-10-7-15(3)14-9(10)2/h7-8H,4-6,12H2,1-3H3,(H,13,16). The van der Waals surface area contributed by atoms with Crippen molar-refractivity contribution in [3.63, 3.8) is 0 Å². The third-order valence-corrected chi connectivity index (χ3v) is 2.56. The van der Waals surface area contributed by atoms with Crippen molar-refractivity contribution in [3.8, 4) is 0 Å². The minimum absolute atomic E-state index is 0.0110. The number of aryl methyl sites for hydroxylation is 2. The number of anilines is 1. The van der Waals surface area contributed by atoms with Crippen LogP contribution in [0.25, 0.3) is 0 Å². The summed E-state index contributed by atoms with van der Waals surface area (Å²) in [7, 11) is 1.83. The van der Waals surface area contributed by atoms with E-state index >= 15 is 0 Å². The molecular formula is C11H20N4O. The highest BCUT2D eigenvalue weighted by molar-refractivity contribution is 5.92. The number of aromatic nitrogens is 2. The molecule has 1 aromatic heterocycles. The van der Waals surface area contributed by atoms with Crippen molar-refractivity contribution in [3.05, 3.63) is 11.9 Å². The lowest BCUT2D eigenvalue weighted by Crippen LogP contribution is -2.21. The maximum Gasteiger partial charge on any atom is 0.227 e. The van der Waals surface area contributed by atoms with E-state index in [0.717, 1.165) is 24.2 Å². The molecule has 5 heteroatoms. The summed E-state index contributed by atoms with van der Waals surface area (Å²) in [5, 5.41) is 7.04. The Hall–Kier alpha value is -1.36. The van der Waals surface area contributed by atoms with Gasteiger partial charge in [0.05, 0.1) is 11.4 Å². The Morgan fingerprint density at radius 1 is 1.69 bits per heavy atom.